The average molecular weight is 634 g/mol. The second-order valence-corrected chi connectivity index (χ2v) is 14.6. The topological polar surface area (TPSA) is 120 Å². The summed E-state index contributed by atoms with van der Waals surface area (Å²) in [5.74, 6) is -0.711. The van der Waals surface area contributed by atoms with Crippen LogP contribution in [0.3, 0.4) is 0 Å². The summed E-state index contributed by atoms with van der Waals surface area (Å²) in [6, 6.07) is 10.1. The van der Waals surface area contributed by atoms with Crippen molar-refractivity contribution in [2.24, 2.45) is 5.92 Å². The van der Waals surface area contributed by atoms with E-state index >= 15 is 4.39 Å². The molecule has 7 rings (SSSR count). The van der Waals surface area contributed by atoms with Gasteiger partial charge < -0.3 is 24.6 Å². The van der Waals surface area contributed by atoms with E-state index in [2.05, 4.69) is 16.3 Å². The lowest BCUT2D eigenvalue weighted by molar-refractivity contribution is -0.254. The number of aromatic nitrogens is 1. The normalized spacial score (nSPS) is 27.3. The number of carbonyl (C=O) groups is 1. The molecule has 2 N–H and O–H groups in total. The summed E-state index contributed by atoms with van der Waals surface area (Å²) in [7, 11) is 0. The van der Waals surface area contributed by atoms with Crippen LogP contribution in [0.4, 0.5) is 4.39 Å². The monoisotopic (exact) mass is 633 g/mol. The van der Waals surface area contributed by atoms with E-state index in [-0.39, 0.29) is 24.3 Å². The molecular weight excluding hydrogens is 589 g/mol. The van der Waals surface area contributed by atoms with E-state index in [4.69, 9.17) is 19.2 Å². The highest BCUT2D eigenvalue weighted by Crippen LogP contribution is 2.45. The van der Waals surface area contributed by atoms with Gasteiger partial charge in [0.15, 0.2) is 0 Å². The van der Waals surface area contributed by atoms with E-state index in [1.807, 2.05) is 39.0 Å². The first-order valence-corrected chi connectivity index (χ1v) is 16.6. The Morgan fingerprint density at radius 3 is 2.67 bits per heavy atom. The molecule has 4 fully saturated rings. The Morgan fingerprint density at radius 2 is 2.00 bits per heavy atom. The molecule has 2 bridgehead atoms. The molecule has 5 atom stereocenters. The number of nitrogens with zero attached hydrogens (tertiary/aromatic N) is 4. The van der Waals surface area contributed by atoms with Crippen molar-refractivity contribution in [3.63, 3.8) is 0 Å². The van der Waals surface area contributed by atoms with Crippen LogP contribution in [0.1, 0.15) is 69.7 Å². The zero-order chi connectivity index (χ0) is 32.2. The molecule has 1 aromatic heterocycles. The standard InChI is InChI=1S/C35H44FN5O5/c1-34(2,3)46-33(43)41-26-8-6-23(15-26)30(41)32(42)38-25(17-37)14-21-4-5-22(16-28(21)36)29-9-7-24-18-45-35(31(24)39-29)10-12-40(13-11-35)27-19-44-20-27/h4-5,7,9,16,23,25-27,30,33,43H,6,8,10-15,18-20H2,1-3H3,(H,38,42)/t23-,25-,26+,30-,33?/m0/s1. The fraction of sp³-hybridized carbons (Fsp3) is 0.629. The Morgan fingerprint density at radius 1 is 1.22 bits per heavy atom. The maximum Gasteiger partial charge on any atom is 0.238 e. The maximum atomic E-state index is 15.6. The van der Waals surface area contributed by atoms with Crippen molar-refractivity contribution in [1.29, 1.82) is 5.26 Å². The number of nitrogens with one attached hydrogen (secondary N) is 1. The molecule has 1 aliphatic carbocycles. The van der Waals surface area contributed by atoms with Crippen molar-refractivity contribution < 1.29 is 28.5 Å². The van der Waals surface area contributed by atoms with Crippen LogP contribution in [0.5, 0.6) is 0 Å². The van der Waals surface area contributed by atoms with Gasteiger partial charge in [0, 0.05) is 36.7 Å². The number of nitriles is 1. The highest BCUT2D eigenvalue weighted by Gasteiger charge is 2.52. The van der Waals surface area contributed by atoms with Crippen LogP contribution >= 0.6 is 0 Å². The number of pyridine rings is 1. The maximum absolute atomic E-state index is 15.6. The van der Waals surface area contributed by atoms with Crippen LogP contribution in [0, 0.1) is 23.1 Å². The van der Waals surface area contributed by atoms with Crippen LogP contribution in [0.25, 0.3) is 11.3 Å². The third-order valence-corrected chi connectivity index (χ3v) is 10.5. The minimum Gasteiger partial charge on any atom is -0.378 e. The summed E-state index contributed by atoms with van der Waals surface area (Å²) >= 11 is 0. The lowest BCUT2D eigenvalue weighted by Crippen LogP contribution is -2.57. The zero-order valence-electron chi connectivity index (χ0n) is 26.9. The molecule has 10 nitrogen and oxygen atoms in total. The molecule has 1 spiro atoms. The number of aliphatic hydroxyl groups is 1. The molecule has 5 heterocycles. The highest BCUT2D eigenvalue weighted by atomic mass is 19.1. The fourth-order valence-electron chi connectivity index (χ4n) is 8.05. The molecule has 1 saturated carbocycles. The Labute approximate surface area is 269 Å². The van der Waals surface area contributed by atoms with Crippen LogP contribution in [-0.2, 0) is 37.6 Å². The summed E-state index contributed by atoms with van der Waals surface area (Å²) in [5, 5.41) is 23.6. The Kier molecular flexibility index (Phi) is 8.41. The first-order chi connectivity index (χ1) is 22.0. The van der Waals surface area contributed by atoms with Crippen molar-refractivity contribution in [2.75, 3.05) is 26.3 Å². The summed E-state index contributed by atoms with van der Waals surface area (Å²) in [6.07, 6.45) is 3.10. The van der Waals surface area contributed by atoms with Crippen molar-refractivity contribution >= 4 is 5.91 Å². The van der Waals surface area contributed by atoms with Gasteiger partial charge in [-0.15, -0.1) is 0 Å². The summed E-state index contributed by atoms with van der Waals surface area (Å²) in [5.41, 5.74) is 2.71. The van der Waals surface area contributed by atoms with E-state index in [0.717, 1.165) is 69.7 Å². The first kappa shape index (κ1) is 31.6. The smallest absolute Gasteiger partial charge is 0.238 e. The van der Waals surface area contributed by atoms with Crippen LogP contribution in [0.15, 0.2) is 30.3 Å². The molecular formula is C35H44FN5O5. The number of hydrogen-bond donors (Lipinski definition) is 2. The molecule has 1 unspecified atom stereocenters. The summed E-state index contributed by atoms with van der Waals surface area (Å²) in [4.78, 5) is 22.7. The molecule has 2 aromatic rings. The van der Waals surface area contributed by atoms with Crippen molar-refractivity contribution in [1.82, 2.24) is 20.1 Å². The SMILES string of the molecule is CC(C)(C)OC(O)N1[C@@H]2CC[C@@H](C2)[C@H]1C(=O)N[C@H](C#N)Cc1ccc(-c2ccc3c(n2)C2(CCN(C4COC4)CC2)OC3)cc1F. The number of aliphatic hydroxyl groups excluding tert-OH is 1. The second-order valence-electron chi connectivity index (χ2n) is 14.6. The third kappa shape index (κ3) is 5.96. The average Bonchev–Trinajstić information content (AvgIpc) is 3.71. The molecule has 1 aromatic carbocycles. The van der Waals surface area contributed by atoms with E-state index in [0.29, 0.717) is 29.5 Å². The number of carbonyl (C=O) groups excluding carboxylic acids is 1. The number of piperidine rings is 2. The van der Waals surface area contributed by atoms with Crippen LogP contribution in [-0.4, -0.2) is 88.3 Å². The van der Waals surface area contributed by atoms with Crippen molar-refractivity contribution in [3.05, 3.63) is 53.0 Å². The number of halogens is 1. The third-order valence-electron chi connectivity index (χ3n) is 10.5. The van der Waals surface area contributed by atoms with E-state index in [1.54, 1.807) is 11.0 Å². The van der Waals surface area contributed by atoms with Gasteiger partial charge in [0.25, 0.3) is 0 Å². The molecule has 5 aliphatic rings. The van der Waals surface area contributed by atoms with Gasteiger partial charge in [0.2, 0.25) is 12.3 Å². The fourth-order valence-corrected chi connectivity index (χ4v) is 8.05. The summed E-state index contributed by atoms with van der Waals surface area (Å²) in [6.45, 7) is 9.56. The van der Waals surface area contributed by atoms with E-state index in [1.165, 1.54) is 6.07 Å². The zero-order valence-corrected chi connectivity index (χ0v) is 26.9. The highest BCUT2D eigenvalue weighted by molar-refractivity contribution is 5.83. The minimum atomic E-state index is -1.22. The molecule has 1 amide bonds. The number of rotatable bonds is 8. The number of amides is 1. The molecule has 246 valence electrons. The first-order valence-electron chi connectivity index (χ1n) is 16.6. The molecule has 4 aliphatic heterocycles. The van der Waals surface area contributed by atoms with Gasteiger partial charge in [-0.1, -0.05) is 18.2 Å². The van der Waals surface area contributed by atoms with Gasteiger partial charge >= 0.3 is 0 Å². The van der Waals surface area contributed by atoms with Crippen LogP contribution in [0.2, 0.25) is 0 Å². The minimum absolute atomic E-state index is 0.0211. The quantitative estimate of drug-likeness (QED) is 0.420. The van der Waals surface area contributed by atoms with Crippen LogP contribution < -0.4 is 5.32 Å². The lowest BCUT2D eigenvalue weighted by atomic mass is 9.86. The largest absolute Gasteiger partial charge is 0.378 e. The van der Waals surface area contributed by atoms with Gasteiger partial charge in [-0.2, -0.15) is 5.26 Å². The number of ether oxygens (including phenoxy) is 3. The Balaban J connectivity index is 1.02. The number of fused-ring (bicyclic) bond motifs is 4. The number of hydrogen-bond acceptors (Lipinski definition) is 9. The number of benzene rings is 1. The van der Waals surface area contributed by atoms with Gasteiger partial charge in [0.1, 0.15) is 17.5 Å². The van der Waals surface area contributed by atoms with Crippen molar-refractivity contribution in [2.45, 2.75) is 108 Å². The molecule has 0 radical (unpaired) electrons. The van der Waals surface area contributed by atoms with E-state index < -0.39 is 35.5 Å². The molecule has 46 heavy (non-hydrogen) atoms. The Hall–Kier alpha value is -2.98. The van der Waals surface area contributed by atoms with Crippen molar-refractivity contribution in [3.8, 4) is 17.3 Å². The molecule has 3 saturated heterocycles. The Bertz CT molecular complexity index is 1510. The summed E-state index contributed by atoms with van der Waals surface area (Å²) < 4.78 is 33.1. The van der Waals surface area contributed by atoms with Gasteiger partial charge in [-0.05, 0) is 76.5 Å². The predicted molar refractivity (Wildman–Crippen MR) is 166 cm³/mol. The van der Waals surface area contributed by atoms with Gasteiger partial charge in [0.05, 0.1) is 55.0 Å². The second kappa shape index (κ2) is 12.2. The lowest BCUT2D eigenvalue weighted by Gasteiger charge is -2.44. The van der Waals surface area contributed by atoms with Gasteiger partial charge in [-0.25, -0.2) is 14.3 Å². The number of likely N-dealkylation sites (tertiary alicyclic amines) is 2. The molecule has 11 heteroatoms. The predicted octanol–water partition coefficient (Wildman–Crippen LogP) is 3.60. The van der Waals surface area contributed by atoms with Gasteiger partial charge in [-0.3, -0.25) is 9.69 Å². The van der Waals surface area contributed by atoms with E-state index in [9.17, 15) is 15.2 Å².